The number of hydrogen-bond donors (Lipinski definition) is 1. The highest BCUT2D eigenvalue weighted by atomic mass is 32.1. The summed E-state index contributed by atoms with van der Waals surface area (Å²) in [5, 5.41) is 9.03. The SMILES string of the molecule is COC(=O)COc1ccc(NCc2csnn2)cc1. The van der Waals surface area contributed by atoms with Crippen LogP contribution in [-0.4, -0.2) is 29.3 Å². The number of hydrogen-bond acceptors (Lipinski definition) is 7. The molecule has 0 aliphatic heterocycles. The summed E-state index contributed by atoms with van der Waals surface area (Å²) in [6.45, 7) is 0.534. The van der Waals surface area contributed by atoms with Crippen LogP contribution in [0.5, 0.6) is 5.75 Å². The van der Waals surface area contributed by atoms with Crippen LogP contribution in [0.4, 0.5) is 5.69 Å². The van der Waals surface area contributed by atoms with E-state index in [9.17, 15) is 4.79 Å². The first-order chi connectivity index (χ1) is 9.28. The van der Waals surface area contributed by atoms with Crippen molar-refractivity contribution in [2.45, 2.75) is 6.54 Å². The molecule has 0 amide bonds. The summed E-state index contributed by atoms with van der Waals surface area (Å²) < 4.78 is 13.5. The highest BCUT2D eigenvalue weighted by Crippen LogP contribution is 2.16. The number of carbonyl (C=O) groups excluding carboxylic acids is 1. The Hall–Kier alpha value is -2.15. The van der Waals surface area contributed by atoms with Gasteiger partial charge in [0, 0.05) is 11.1 Å². The molecule has 1 aromatic heterocycles. The summed E-state index contributed by atoms with van der Waals surface area (Å²) in [6, 6.07) is 7.30. The van der Waals surface area contributed by atoms with Crippen molar-refractivity contribution in [3.8, 4) is 5.75 Å². The average Bonchev–Trinajstić information content (AvgIpc) is 2.97. The number of carbonyl (C=O) groups is 1. The van der Waals surface area contributed by atoms with Crippen LogP contribution in [-0.2, 0) is 16.1 Å². The third kappa shape index (κ3) is 4.22. The summed E-state index contributed by atoms with van der Waals surface area (Å²) >= 11 is 1.32. The van der Waals surface area contributed by atoms with Gasteiger partial charge in [0.2, 0.25) is 0 Å². The lowest BCUT2D eigenvalue weighted by atomic mass is 10.3. The van der Waals surface area contributed by atoms with Crippen molar-refractivity contribution in [1.29, 1.82) is 0 Å². The third-order valence-corrected chi connectivity index (χ3v) is 2.87. The van der Waals surface area contributed by atoms with Gasteiger partial charge in [-0.2, -0.15) is 0 Å². The Morgan fingerprint density at radius 2 is 2.16 bits per heavy atom. The predicted octanol–water partition coefficient (Wildman–Crippen LogP) is 1.70. The molecular formula is C12H13N3O3S. The standard InChI is InChI=1S/C12H13N3O3S/c1-17-12(16)7-18-11-4-2-9(3-5-11)13-6-10-8-19-15-14-10/h2-5,8,13H,6-7H2,1H3. The smallest absolute Gasteiger partial charge is 0.343 e. The quantitative estimate of drug-likeness (QED) is 0.811. The molecule has 0 saturated heterocycles. The molecule has 19 heavy (non-hydrogen) atoms. The number of benzene rings is 1. The zero-order valence-corrected chi connectivity index (χ0v) is 11.1. The van der Waals surface area contributed by atoms with Crippen molar-refractivity contribution < 1.29 is 14.3 Å². The number of nitrogens with zero attached hydrogens (tertiary/aromatic N) is 2. The van der Waals surface area contributed by atoms with Crippen LogP contribution >= 0.6 is 11.5 Å². The molecule has 2 aromatic rings. The van der Waals surface area contributed by atoms with Crippen molar-refractivity contribution in [2.24, 2.45) is 0 Å². The number of nitrogens with one attached hydrogen (secondary N) is 1. The summed E-state index contributed by atoms with van der Waals surface area (Å²) in [4.78, 5) is 10.9. The lowest BCUT2D eigenvalue weighted by molar-refractivity contribution is -0.142. The van der Waals surface area contributed by atoms with Gasteiger partial charge in [-0.1, -0.05) is 4.49 Å². The second-order valence-electron chi connectivity index (χ2n) is 3.64. The first-order valence-corrected chi connectivity index (χ1v) is 6.41. The molecule has 0 saturated carbocycles. The Morgan fingerprint density at radius 3 is 2.79 bits per heavy atom. The maximum atomic E-state index is 10.9. The summed E-state index contributed by atoms with van der Waals surface area (Å²) in [7, 11) is 1.33. The average molecular weight is 279 g/mol. The van der Waals surface area contributed by atoms with Crippen LogP contribution in [0.15, 0.2) is 29.6 Å². The second-order valence-corrected chi connectivity index (χ2v) is 4.25. The number of aromatic nitrogens is 2. The van der Waals surface area contributed by atoms with E-state index in [0.717, 1.165) is 11.4 Å². The van der Waals surface area contributed by atoms with Gasteiger partial charge in [0.15, 0.2) is 6.61 Å². The Labute approximate surface area is 114 Å². The van der Waals surface area contributed by atoms with Crippen molar-refractivity contribution in [2.75, 3.05) is 19.0 Å². The highest BCUT2D eigenvalue weighted by Gasteiger charge is 2.02. The number of anilines is 1. The summed E-state index contributed by atoms with van der Waals surface area (Å²) in [6.07, 6.45) is 0. The molecule has 1 heterocycles. The van der Waals surface area contributed by atoms with Gasteiger partial charge < -0.3 is 14.8 Å². The van der Waals surface area contributed by atoms with E-state index in [0.29, 0.717) is 12.3 Å². The molecule has 0 fully saturated rings. The summed E-state index contributed by atoms with van der Waals surface area (Å²) in [5.74, 6) is 0.213. The van der Waals surface area contributed by atoms with E-state index in [-0.39, 0.29) is 6.61 Å². The van der Waals surface area contributed by atoms with E-state index in [4.69, 9.17) is 4.74 Å². The topological polar surface area (TPSA) is 73.3 Å². The van der Waals surface area contributed by atoms with Gasteiger partial charge in [-0.25, -0.2) is 4.79 Å². The van der Waals surface area contributed by atoms with Crippen LogP contribution in [0.2, 0.25) is 0 Å². The van der Waals surface area contributed by atoms with E-state index in [1.165, 1.54) is 18.6 Å². The van der Waals surface area contributed by atoms with E-state index in [1.807, 2.05) is 17.5 Å². The lowest BCUT2D eigenvalue weighted by Gasteiger charge is -2.07. The maximum Gasteiger partial charge on any atom is 0.343 e. The van der Waals surface area contributed by atoms with Gasteiger partial charge in [-0.3, -0.25) is 0 Å². The maximum absolute atomic E-state index is 10.9. The Balaban J connectivity index is 1.82. The van der Waals surface area contributed by atoms with Gasteiger partial charge in [-0.15, -0.1) is 5.10 Å². The molecule has 0 atom stereocenters. The fraction of sp³-hybridized carbons (Fsp3) is 0.250. The van der Waals surface area contributed by atoms with Crippen molar-refractivity contribution in [3.05, 3.63) is 35.3 Å². The van der Waals surface area contributed by atoms with Gasteiger partial charge in [0.05, 0.1) is 19.3 Å². The summed E-state index contributed by atoms with van der Waals surface area (Å²) in [5.41, 5.74) is 1.84. The van der Waals surface area contributed by atoms with Gasteiger partial charge in [0.1, 0.15) is 5.75 Å². The molecule has 0 aliphatic rings. The zero-order chi connectivity index (χ0) is 13.5. The molecule has 2 rings (SSSR count). The van der Waals surface area contributed by atoms with Crippen molar-refractivity contribution >= 4 is 23.2 Å². The molecule has 0 radical (unpaired) electrons. The fourth-order valence-electron chi connectivity index (χ4n) is 1.32. The zero-order valence-electron chi connectivity index (χ0n) is 10.3. The second kappa shape index (κ2) is 6.69. The van der Waals surface area contributed by atoms with E-state index < -0.39 is 5.97 Å². The molecular weight excluding hydrogens is 266 g/mol. The monoisotopic (exact) mass is 279 g/mol. The lowest BCUT2D eigenvalue weighted by Crippen LogP contribution is -2.12. The minimum atomic E-state index is -0.404. The Kier molecular flexibility index (Phi) is 4.68. The number of ether oxygens (including phenoxy) is 2. The molecule has 1 aromatic carbocycles. The third-order valence-electron chi connectivity index (χ3n) is 2.32. The molecule has 0 spiro atoms. The molecule has 6 nitrogen and oxygen atoms in total. The molecule has 7 heteroatoms. The minimum Gasteiger partial charge on any atom is -0.482 e. The highest BCUT2D eigenvalue weighted by molar-refractivity contribution is 7.03. The fourth-order valence-corrected chi connectivity index (χ4v) is 1.78. The van der Waals surface area contributed by atoms with Gasteiger partial charge in [0.25, 0.3) is 0 Å². The minimum absolute atomic E-state index is 0.0895. The van der Waals surface area contributed by atoms with E-state index in [1.54, 1.807) is 12.1 Å². The van der Waals surface area contributed by atoms with E-state index >= 15 is 0 Å². The van der Waals surface area contributed by atoms with Crippen LogP contribution in [0.1, 0.15) is 5.69 Å². The molecule has 100 valence electrons. The van der Waals surface area contributed by atoms with Gasteiger partial charge in [-0.05, 0) is 35.8 Å². The van der Waals surface area contributed by atoms with E-state index in [2.05, 4.69) is 19.6 Å². The first-order valence-electron chi connectivity index (χ1n) is 5.57. The number of esters is 1. The molecule has 0 bridgehead atoms. The molecule has 0 unspecified atom stereocenters. The van der Waals surface area contributed by atoms with Crippen LogP contribution < -0.4 is 10.1 Å². The Morgan fingerprint density at radius 1 is 1.37 bits per heavy atom. The van der Waals surface area contributed by atoms with Gasteiger partial charge >= 0.3 is 5.97 Å². The normalized spacial score (nSPS) is 9.95. The molecule has 0 aliphatic carbocycles. The van der Waals surface area contributed by atoms with Crippen molar-refractivity contribution in [3.63, 3.8) is 0 Å². The van der Waals surface area contributed by atoms with Crippen LogP contribution in [0.25, 0.3) is 0 Å². The van der Waals surface area contributed by atoms with Crippen molar-refractivity contribution in [1.82, 2.24) is 9.59 Å². The number of methoxy groups -OCH3 is 1. The predicted molar refractivity (Wildman–Crippen MR) is 71.2 cm³/mol. The Bertz CT molecular complexity index is 514. The first kappa shape index (κ1) is 13.3. The van der Waals surface area contributed by atoms with Crippen LogP contribution in [0.3, 0.4) is 0 Å². The number of rotatable bonds is 6. The molecule has 1 N–H and O–H groups in total. The van der Waals surface area contributed by atoms with Crippen LogP contribution in [0, 0.1) is 0 Å². The largest absolute Gasteiger partial charge is 0.482 e.